The molecule has 0 bridgehead atoms. The van der Waals surface area contributed by atoms with Crippen molar-refractivity contribution in [1.29, 1.82) is 0 Å². The summed E-state index contributed by atoms with van der Waals surface area (Å²) in [6.07, 6.45) is 0.147. The number of benzene rings is 2. The Balaban J connectivity index is 1.47. The van der Waals surface area contributed by atoms with E-state index in [1.807, 2.05) is 52.0 Å². The second kappa shape index (κ2) is 11.4. The van der Waals surface area contributed by atoms with E-state index in [1.165, 1.54) is 11.1 Å². The molecule has 35 heavy (non-hydrogen) atoms. The van der Waals surface area contributed by atoms with E-state index < -0.39 is 17.6 Å². The largest absolute Gasteiger partial charge is 0.481 e. The molecule has 3 rings (SSSR count). The van der Waals surface area contributed by atoms with Gasteiger partial charge in [-0.1, -0.05) is 62.4 Å². The zero-order chi connectivity index (χ0) is 25.6. The first-order valence-electron chi connectivity index (χ1n) is 12.2. The second-order valence-electron chi connectivity index (χ2n) is 10.2. The van der Waals surface area contributed by atoms with Crippen LogP contribution in [-0.2, 0) is 14.3 Å². The van der Waals surface area contributed by atoms with E-state index >= 15 is 0 Å². The molecule has 0 radical (unpaired) electrons. The Labute approximate surface area is 207 Å². The predicted molar refractivity (Wildman–Crippen MR) is 135 cm³/mol. The molecule has 1 unspecified atom stereocenters. The zero-order valence-corrected chi connectivity index (χ0v) is 21.0. The highest BCUT2D eigenvalue weighted by molar-refractivity contribution is 5.79. The fourth-order valence-corrected chi connectivity index (χ4v) is 4.50. The molecule has 1 atom stereocenters. The topological polar surface area (TPSA) is 105 Å². The molecule has 0 heterocycles. The van der Waals surface area contributed by atoms with Gasteiger partial charge < -0.3 is 20.5 Å². The fraction of sp³-hybridized carbons (Fsp3) is 0.464. The number of carboxylic acid groups (broad SMARTS) is 1. The van der Waals surface area contributed by atoms with Gasteiger partial charge in [0.1, 0.15) is 6.61 Å². The Morgan fingerprint density at radius 3 is 2.11 bits per heavy atom. The summed E-state index contributed by atoms with van der Waals surface area (Å²) in [5.41, 5.74) is 4.01. The minimum atomic E-state index is -0.869. The number of rotatable bonds is 11. The van der Waals surface area contributed by atoms with Gasteiger partial charge in [0, 0.05) is 24.4 Å². The van der Waals surface area contributed by atoms with Crippen LogP contribution in [0.15, 0.2) is 48.5 Å². The molecule has 7 nitrogen and oxygen atoms in total. The number of alkyl carbamates (subject to hydrolysis) is 1. The van der Waals surface area contributed by atoms with Crippen molar-refractivity contribution in [3.8, 4) is 11.1 Å². The quantitative estimate of drug-likeness (QED) is 0.422. The summed E-state index contributed by atoms with van der Waals surface area (Å²) in [5, 5.41) is 14.7. The van der Waals surface area contributed by atoms with Gasteiger partial charge in [0.15, 0.2) is 0 Å². The number of carbonyl (C=O) groups is 3. The van der Waals surface area contributed by atoms with Gasteiger partial charge in [-0.05, 0) is 54.4 Å². The van der Waals surface area contributed by atoms with Crippen LogP contribution in [0.2, 0.25) is 0 Å². The number of amides is 2. The maximum absolute atomic E-state index is 12.6. The molecule has 0 saturated heterocycles. The normalized spacial score (nSPS) is 13.6. The van der Waals surface area contributed by atoms with Crippen molar-refractivity contribution >= 4 is 18.0 Å². The summed E-state index contributed by atoms with van der Waals surface area (Å²) in [5.74, 6) is -1.02. The SMILES string of the molecule is CC(C)C(CNC(=O)CCC(C)(C)NC(=O)OCC1c2ccccc2-c2ccccc21)CC(=O)O. The average Bonchev–Trinajstić information content (AvgIpc) is 3.12. The second-order valence-corrected chi connectivity index (χ2v) is 10.2. The minimum Gasteiger partial charge on any atom is -0.481 e. The molecule has 188 valence electrons. The predicted octanol–water partition coefficient (Wildman–Crippen LogP) is 4.95. The molecule has 1 aliphatic carbocycles. The summed E-state index contributed by atoms with van der Waals surface area (Å²) in [4.78, 5) is 35.9. The highest BCUT2D eigenvalue weighted by Gasteiger charge is 2.30. The third-order valence-corrected chi connectivity index (χ3v) is 6.70. The summed E-state index contributed by atoms with van der Waals surface area (Å²) < 4.78 is 5.62. The summed E-state index contributed by atoms with van der Waals surface area (Å²) >= 11 is 0. The van der Waals surface area contributed by atoms with Crippen LogP contribution in [0, 0.1) is 11.8 Å². The Hall–Kier alpha value is -3.35. The Morgan fingerprint density at radius 2 is 1.57 bits per heavy atom. The van der Waals surface area contributed by atoms with E-state index in [-0.39, 0.29) is 43.1 Å². The van der Waals surface area contributed by atoms with Crippen LogP contribution >= 0.6 is 0 Å². The minimum absolute atomic E-state index is 0.0123. The van der Waals surface area contributed by atoms with E-state index in [9.17, 15) is 14.4 Å². The number of nitrogens with one attached hydrogen (secondary N) is 2. The van der Waals surface area contributed by atoms with Gasteiger partial charge in [-0.3, -0.25) is 9.59 Å². The van der Waals surface area contributed by atoms with Crippen LogP contribution in [0.1, 0.15) is 64.0 Å². The maximum atomic E-state index is 12.6. The molecule has 0 saturated carbocycles. The van der Waals surface area contributed by atoms with Gasteiger partial charge in [0.2, 0.25) is 5.91 Å². The summed E-state index contributed by atoms with van der Waals surface area (Å²) in [6.45, 7) is 8.15. The standard InChI is InChI=1S/C28H36N2O5/c1-18(2)19(15-26(32)33)16-29-25(31)13-14-28(3,4)30-27(34)35-17-24-22-11-7-5-9-20(22)21-10-6-8-12-23(21)24/h5-12,18-19,24H,13-17H2,1-4H3,(H,29,31)(H,30,34)(H,32,33). The van der Waals surface area contributed by atoms with Crippen molar-refractivity contribution < 1.29 is 24.2 Å². The van der Waals surface area contributed by atoms with Gasteiger partial charge in [-0.15, -0.1) is 0 Å². The molecule has 2 aromatic carbocycles. The van der Waals surface area contributed by atoms with Gasteiger partial charge in [-0.2, -0.15) is 0 Å². The van der Waals surface area contributed by atoms with Crippen LogP contribution in [0.4, 0.5) is 4.79 Å². The molecule has 2 amide bonds. The number of fused-ring (bicyclic) bond motifs is 3. The molecule has 0 aliphatic heterocycles. The van der Waals surface area contributed by atoms with Crippen molar-refractivity contribution in [3.63, 3.8) is 0 Å². The summed E-state index contributed by atoms with van der Waals surface area (Å²) in [7, 11) is 0. The zero-order valence-electron chi connectivity index (χ0n) is 21.0. The van der Waals surface area contributed by atoms with Crippen molar-refractivity contribution in [2.24, 2.45) is 11.8 Å². The fourth-order valence-electron chi connectivity index (χ4n) is 4.50. The van der Waals surface area contributed by atoms with Crippen molar-refractivity contribution in [3.05, 3.63) is 59.7 Å². The number of ether oxygens (including phenoxy) is 1. The number of carboxylic acids is 1. The molecule has 7 heteroatoms. The van der Waals surface area contributed by atoms with Gasteiger partial charge in [0.05, 0.1) is 6.42 Å². The Kier molecular flexibility index (Phi) is 8.54. The van der Waals surface area contributed by atoms with Gasteiger partial charge in [-0.25, -0.2) is 4.79 Å². The van der Waals surface area contributed by atoms with E-state index in [4.69, 9.17) is 9.84 Å². The van der Waals surface area contributed by atoms with Crippen LogP contribution in [-0.4, -0.2) is 41.8 Å². The first-order valence-corrected chi connectivity index (χ1v) is 12.2. The first kappa shape index (κ1) is 26.3. The number of hydrogen-bond acceptors (Lipinski definition) is 4. The molecular weight excluding hydrogens is 444 g/mol. The third-order valence-electron chi connectivity index (χ3n) is 6.70. The van der Waals surface area contributed by atoms with Crippen molar-refractivity contribution in [2.75, 3.05) is 13.2 Å². The monoisotopic (exact) mass is 480 g/mol. The van der Waals surface area contributed by atoms with Crippen LogP contribution in [0.5, 0.6) is 0 Å². The van der Waals surface area contributed by atoms with Crippen LogP contribution in [0.25, 0.3) is 11.1 Å². The van der Waals surface area contributed by atoms with Crippen LogP contribution in [0.3, 0.4) is 0 Å². The highest BCUT2D eigenvalue weighted by Crippen LogP contribution is 2.44. The lowest BCUT2D eigenvalue weighted by Crippen LogP contribution is -2.45. The lowest BCUT2D eigenvalue weighted by Gasteiger charge is -2.26. The van der Waals surface area contributed by atoms with Crippen molar-refractivity contribution in [2.45, 2.75) is 58.4 Å². The van der Waals surface area contributed by atoms with Crippen LogP contribution < -0.4 is 10.6 Å². The first-order chi connectivity index (χ1) is 16.6. The van der Waals surface area contributed by atoms with E-state index in [0.717, 1.165) is 11.1 Å². The van der Waals surface area contributed by atoms with Gasteiger partial charge >= 0.3 is 12.1 Å². The molecular formula is C28H36N2O5. The van der Waals surface area contributed by atoms with Gasteiger partial charge in [0.25, 0.3) is 0 Å². The molecule has 2 aromatic rings. The summed E-state index contributed by atoms with van der Waals surface area (Å²) in [6, 6.07) is 16.3. The van der Waals surface area contributed by atoms with E-state index in [0.29, 0.717) is 13.0 Å². The average molecular weight is 481 g/mol. The number of carbonyl (C=O) groups excluding carboxylic acids is 2. The number of hydrogen-bond donors (Lipinski definition) is 3. The molecule has 0 aromatic heterocycles. The Bertz CT molecular complexity index is 1020. The highest BCUT2D eigenvalue weighted by atomic mass is 16.5. The smallest absolute Gasteiger partial charge is 0.407 e. The molecule has 0 fully saturated rings. The lowest BCUT2D eigenvalue weighted by molar-refractivity contribution is -0.138. The van der Waals surface area contributed by atoms with E-state index in [2.05, 4.69) is 34.9 Å². The lowest BCUT2D eigenvalue weighted by atomic mass is 9.92. The number of aliphatic carboxylic acids is 1. The molecule has 1 aliphatic rings. The Morgan fingerprint density at radius 1 is 1.00 bits per heavy atom. The molecule has 3 N–H and O–H groups in total. The third kappa shape index (κ3) is 7.07. The maximum Gasteiger partial charge on any atom is 0.407 e. The van der Waals surface area contributed by atoms with E-state index in [1.54, 1.807) is 0 Å². The molecule has 0 spiro atoms. The van der Waals surface area contributed by atoms with Crippen molar-refractivity contribution in [1.82, 2.24) is 10.6 Å².